The van der Waals surface area contributed by atoms with Crippen molar-refractivity contribution in [1.82, 2.24) is 5.32 Å². The monoisotopic (exact) mass is 649 g/mol. The lowest BCUT2D eigenvalue weighted by atomic mass is 9.75. The summed E-state index contributed by atoms with van der Waals surface area (Å²) in [6.07, 6.45) is -4.91. The highest BCUT2D eigenvalue weighted by atomic mass is 19.4. The number of nitro benzene ring substituents is 1. The van der Waals surface area contributed by atoms with E-state index in [9.17, 15) is 38.0 Å². The maximum absolute atomic E-state index is 14.1. The molecule has 0 amide bonds. The molecule has 1 aliphatic rings. The zero-order chi connectivity index (χ0) is 34.2. The molecular formula is C32H38F3N3O8. The zero-order valence-electron chi connectivity index (χ0n) is 26.2. The smallest absolute Gasteiger partial charge is 0.430 e. The van der Waals surface area contributed by atoms with E-state index in [1.165, 1.54) is 19.1 Å². The Morgan fingerprint density at radius 2 is 1.80 bits per heavy atom. The van der Waals surface area contributed by atoms with Crippen molar-refractivity contribution in [3.8, 4) is 5.75 Å². The van der Waals surface area contributed by atoms with Crippen LogP contribution in [-0.2, 0) is 25.5 Å². The summed E-state index contributed by atoms with van der Waals surface area (Å²) in [6.45, 7) is 7.54. The minimum Gasteiger partial charge on any atom is -0.491 e. The van der Waals surface area contributed by atoms with Crippen LogP contribution in [0.5, 0.6) is 5.75 Å². The number of allylic oxidation sites excluding steroid dienone is 1. The lowest BCUT2D eigenvalue weighted by molar-refractivity contribution is -0.384. The van der Waals surface area contributed by atoms with Gasteiger partial charge in [0, 0.05) is 35.8 Å². The van der Waals surface area contributed by atoms with Gasteiger partial charge in [0.1, 0.15) is 30.1 Å². The molecule has 0 radical (unpaired) electrons. The number of carbonyl (C=O) groups is 2. The second-order valence-electron chi connectivity index (χ2n) is 11.8. The van der Waals surface area contributed by atoms with Gasteiger partial charge in [0.05, 0.1) is 24.2 Å². The molecule has 0 spiro atoms. The number of hydrogen-bond acceptors (Lipinski definition) is 10. The zero-order valence-corrected chi connectivity index (χ0v) is 26.2. The third-order valence-corrected chi connectivity index (χ3v) is 7.10. The molecule has 250 valence electrons. The van der Waals surface area contributed by atoms with Crippen LogP contribution in [0.3, 0.4) is 0 Å². The van der Waals surface area contributed by atoms with Crippen molar-refractivity contribution in [1.29, 1.82) is 0 Å². The van der Waals surface area contributed by atoms with Gasteiger partial charge in [-0.05, 0) is 63.8 Å². The number of benzene rings is 2. The van der Waals surface area contributed by atoms with Crippen LogP contribution in [-0.4, -0.2) is 72.4 Å². The molecule has 0 fully saturated rings. The predicted octanol–water partition coefficient (Wildman–Crippen LogP) is 5.06. The van der Waals surface area contributed by atoms with E-state index in [1.54, 1.807) is 12.1 Å². The fourth-order valence-electron chi connectivity index (χ4n) is 4.89. The van der Waals surface area contributed by atoms with Gasteiger partial charge < -0.3 is 24.6 Å². The van der Waals surface area contributed by atoms with Crippen LogP contribution in [0, 0.1) is 16.0 Å². The molecule has 3 unspecified atom stereocenters. The minimum absolute atomic E-state index is 0.0761. The van der Waals surface area contributed by atoms with E-state index in [1.807, 2.05) is 32.9 Å². The molecule has 2 aromatic carbocycles. The molecule has 2 aromatic rings. The van der Waals surface area contributed by atoms with Crippen LogP contribution in [0.4, 0.5) is 18.9 Å². The number of carbonyl (C=O) groups excluding carboxylic acids is 2. The number of aryl methyl sites for hydroxylation is 1. The van der Waals surface area contributed by atoms with Crippen LogP contribution in [0.2, 0.25) is 0 Å². The van der Waals surface area contributed by atoms with Gasteiger partial charge in [0.25, 0.3) is 5.69 Å². The molecular weight excluding hydrogens is 611 g/mol. The van der Waals surface area contributed by atoms with Crippen molar-refractivity contribution in [3.63, 3.8) is 0 Å². The quantitative estimate of drug-likeness (QED) is 0.131. The lowest BCUT2D eigenvalue weighted by Gasteiger charge is -2.32. The average Bonchev–Trinajstić information content (AvgIpc) is 2.99. The number of β-amino-alcohol motifs (C(OH)–C–C–N with tert-alkyl or cyclic N) is 1. The molecule has 3 rings (SSSR count). The molecule has 14 heteroatoms. The van der Waals surface area contributed by atoms with Crippen LogP contribution in [0.1, 0.15) is 51.2 Å². The largest absolute Gasteiger partial charge is 0.491 e. The first-order valence-electron chi connectivity index (χ1n) is 14.5. The molecule has 2 N–H and O–H groups in total. The van der Waals surface area contributed by atoms with Gasteiger partial charge in [0.2, 0.25) is 0 Å². The lowest BCUT2D eigenvalue weighted by Crippen LogP contribution is -2.43. The number of non-ortho nitro benzene ring substituents is 1. The van der Waals surface area contributed by atoms with Crippen molar-refractivity contribution >= 4 is 23.3 Å². The summed E-state index contributed by atoms with van der Waals surface area (Å²) in [5, 5.41) is 24.7. The summed E-state index contributed by atoms with van der Waals surface area (Å²) >= 11 is 0. The first kappa shape index (κ1) is 36.2. The molecule has 11 nitrogen and oxygen atoms in total. The number of halogens is 3. The van der Waals surface area contributed by atoms with E-state index in [2.05, 4.69) is 15.0 Å². The molecule has 0 saturated carbocycles. The van der Waals surface area contributed by atoms with Crippen molar-refractivity contribution in [2.24, 2.45) is 10.9 Å². The van der Waals surface area contributed by atoms with E-state index in [4.69, 9.17) is 9.47 Å². The van der Waals surface area contributed by atoms with Crippen molar-refractivity contribution in [2.75, 3.05) is 26.9 Å². The average molecular weight is 650 g/mol. The van der Waals surface area contributed by atoms with Crippen LogP contribution < -0.4 is 10.1 Å². The summed E-state index contributed by atoms with van der Waals surface area (Å²) in [6, 6.07) is 11.8. The Bertz CT molecular complexity index is 1470. The maximum atomic E-state index is 14.1. The van der Waals surface area contributed by atoms with E-state index < -0.39 is 52.4 Å². The van der Waals surface area contributed by atoms with Gasteiger partial charge in [-0.1, -0.05) is 24.3 Å². The third kappa shape index (κ3) is 9.85. The number of alkyl halides is 3. The van der Waals surface area contributed by atoms with Crippen molar-refractivity contribution in [3.05, 3.63) is 81.0 Å². The van der Waals surface area contributed by atoms with E-state index in [0.717, 1.165) is 24.8 Å². The second-order valence-corrected chi connectivity index (χ2v) is 11.8. The fourth-order valence-corrected chi connectivity index (χ4v) is 4.89. The molecule has 46 heavy (non-hydrogen) atoms. The van der Waals surface area contributed by atoms with E-state index >= 15 is 0 Å². The molecule has 0 aromatic heterocycles. The number of ether oxygens (including phenoxy) is 3. The van der Waals surface area contributed by atoms with Gasteiger partial charge in [-0.3, -0.25) is 19.9 Å². The van der Waals surface area contributed by atoms with E-state index in [0.29, 0.717) is 25.1 Å². The number of aliphatic hydroxyl groups excluding tert-OH is 1. The summed E-state index contributed by atoms with van der Waals surface area (Å²) in [5.74, 6) is -5.46. The number of methoxy groups -OCH3 is 1. The highest BCUT2D eigenvalue weighted by molar-refractivity contribution is 6.10. The summed E-state index contributed by atoms with van der Waals surface area (Å²) in [5.41, 5.74) is -1.89. The number of aliphatic imine (C=N–C) groups is 1. The van der Waals surface area contributed by atoms with Gasteiger partial charge in [-0.15, -0.1) is 0 Å². The van der Waals surface area contributed by atoms with Crippen LogP contribution in [0.25, 0.3) is 0 Å². The molecule has 0 bridgehead atoms. The van der Waals surface area contributed by atoms with Gasteiger partial charge in [-0.2, -0.15) is 13.2 Å². The number of esters is 2. The second kappa shape index (κ2) is 15.3. The van der Waals surface area contributed by atoms with E-state index in [-0.39, 0.29) is 35.6 Å². The Morgan fingerprint density at radius 3 is 2.39 bits per heavy atom. The maximum Gasteiger partial charge on any atom is 0.430 e. The summed E-state index contributed by atoms with van der Waals surface area (Å²) < 4.78 is 57.9. The fraction of sp³-hybridized carbons (Fsp3) is 0.469. The number of hydrogen-bond donors (Lipinski definition) is 2. The van der Waals surface area contributed by atoms with Gasteiger partial charge >= 0.3 is 18.1 Å². The highest BCUT2D eigenvalue weighted by Crippen LogP contribution is 2.44. The molecule has 1 heterocycles. The van der Waals surface area contributed by atoms with Gasteiger partial charge in [-0.25, -0.2) is 4.79 Å². The normalized spacial score (nSPS) is 17.6. The number of rotatable bonds is 13. The Hall–Kier alpha value is -4.30. The van der Waals surface area contributed by atoms with Gasteiger partial charge in [0.15, 0.2) is 0 Å². The van der Waals surface area contributed by atoms with Crippen LogP contribution in [0.15, 0.2) is 64.8 Å². The Labute approximate surface area is 264 Å². The number of nitrogens with zero attached hydrogens (tertiary/aromatic N) is 2. The minimum atomic E-state index is -5.06. The predicted molar refractivity (Wildman–Crippen MR) is 163 cm³/mol. The first-order valence-corrected chi connectivity index (χ1v) is 14.5. The molecule has 3 atom stereocenters. The molecule has 1 aliphatic heterocycles. The standard InChI is InChI=1S/C32H38F3N3O8/c1-19-25(26(21-9-6-10-22(16-21)38(42)43)27(29(40)44-5)28(37-19)32(33,34)35)30(41)45-15-7-8-20-11-13-24(14-12-20)46-18-23(39)17-36-31(2,3)4/h6,9-14,16,23,26-27,36,39H,7-8,15,17-18H2,1-5H3. The summed E-state index contributed by atoms with van der Waals surface area (Å²) in [4.78, 5) is 40.4. The van der Waals surface area contributed by atoms with Crippen molar-refractivity contribution < 1.29 is 47.0 Å². The SMILES string of the molecule is COC(=O)C1C(C(F)(F)F)=NC(C)=C(C(=O)OCCCc2ccc(OCC(O)CNC(C)(C)C)cc2)C1c1cccc([N+](=O)[O-])c1. The Morgan fingerprint density at radius 1 is 1.13 bits per heavy atom. The number of nitrogens with one attached hydrogen (secondary N) is 1. The summed E-state index contributed by atoms with van der Waals surface area (Å²) in [7, 11) is 0.900. The molecule has 0 aliphatic carbocycles. The third-order valence-electron chi connectivity index (χ3n) is 7.10. The number of aliphatic hydroxyl groups is 1. The number of nitro groups is 1. The first-order chi connectivity index (χ1) is 21.5. The molecule has 0 saturated heterocycles. The Balaban J connectivity index is 1.72. The topological polar surface area (TPSA) is 150 Å². The van der Waals surface area contributed by atoms with Crippen LogP contribution >= 0.6 is 0 Å². The van der Waals surface area contributed by atoms with Crippen molar-refractivity contribution in [2.45, 2.75) is 64.3 Å². The Kier molecular flexibility index (Phi) is 12.0. The highest BCUT2D eigenvalue weighted by Gasteiger charge is 2.52.